The summed E-state index contributed by atoms with van der Waals surface area (Å²) in [6.07, 6.45) is 7.83. The molecule has 1 aliphatic carbocycles. The van der Waals surface area contributed by atoms with Gasteiger partial charge in [-0.15, -0.1) is 0 Å². The van der Waals surface area contributed by atoms with Gasteiger partial charge in [0.05, 0.1) is 6.61 Å². The lowest BCUT2D eigenvalue weighted by molar-refractivity contribution is 0.0879. The van der Waals surface area contributed by atoms with Gasteiger partial charge in [0.15, 0.2) is 5.69 Å². The lowest BCUT2D eigenvalue weighted by Gasteiger charge is -2.28. The molecule has 1 N–H and O–H groups in total. The van der Waals surface area contributed by atoms with E-state index in [1.54, 1.807) is 29.2 Å². The number of hydrogen-bond acceptors (Lipinski definition) is 6. The van der Waals surface area contributed by atoms with Crippen molar-refractivity contribution in [2.24, 2.45) is 0 Å². The number of nitrogens with one attached hydrogen (secondary N) is 1. The first kappa shape index (κ1) is 15.9. The molecule has 132 valence electrons. The van der Waals surface area contributed by atoms with Gasteiger partial charge in [-0.3, -0.25) is 4.79 Å². The lowest BCUT2D eigenvalue weighted by atomic mass is 9.93. The molecule has 2 aromatic heterocycles. The topological polar surface area (TPSA) is 91.2 Å². The van der Waals surface area contributed by atoms with Crippen LogP contribution in [-0.4, -0.2) is 44.4 Å². The molecule has 0 saturated heterocycles. The van der Waals surface area contributed by atoms with Crippen molar-refractivity contribution in [1.82, 2.24) is 25.1 Å². The number of carbonyl (C=O) groups excluding carboxylic acids is 1. The second-order valence-electron chi connectivity index (χ2n) is 6.39. The minimum Gasteiger partial charge on any atom is -0.478 e. The third-order valence-corrected chi connectivity index (χ3v) is 4.56. The lowest BCUT2D eigenvalue weighted by Crippen LogP contribution is -2.40. The Morgan fingerprint density at radius 3 is 2.80 bits per heavy atom. The van der Waals surface area contributed by atoms with Crippen LogP contribution in [0.1, 0.15) is 42.6 Å². The van der Waals surface area contributed by atoms with Crippen LogP contribution in [0.2, 0.25) is 0 Å². The predicted molar refractivity (Wildman–Crippen MR) is 88.5 cm³/mol. The van der Waals surface area contributed by atoms with Crippen molar-refractivity contribution in [1.29, 1.82) is 0 Å². The molecule has 25 heavy (non-hydrogen) atoms. The summed E-state index contributed by atoms with van der Waals surface area (Å²) < 4.78 is 13.0. The summed E-state index contributed by atoms with van der Waals surface area (Å²) in [6, 6.07) is 4.04. The molecule has 1 amide bonds. The van der Waals surface area contributed by atoms with E-state index in [9.17, 15) is 4.79 Å². The minimum atomic E-state index is -0.138. The van der Waals surface area contributed by atoms with E-state index < -0.39 is 0 Å². The zero-order valence-corrected chi connectivity index (χ0v) is 13.9. The molecule has 0 radical (unpaired) electrons. The molecule has 0 unspecified atom stereocenters. The van der Waals surface area contributed by atoms with Crippen LogP contribution >= 0.6 is 0 Å². The fourth-order valence-corrected chi connectivity index (χ4v) is 3.26. The standard InChI is InChI=1S/C17H21N5O3/c23-16(14-11-15-22(21-14)9-2-10-24-15)20-12-3-5-13(6-4-12)25-17-18-7-1-8-19-17/h1,7-8,11-13H,2-6,9-10H2,(H,20,23). The number of rotatable bonds is 4. The zero-order valence-electron chi connectivity index (χ0n) is 13.9. The summed E-state index contributed by atoms with van der Waals surface area (Å²) in [4.78, 5) is 20.6. The quantitative estimate of drug-likeness (QED) is 0.906. The number of amides is 1. The Morgan fingerprint density at radius 1 is 1.24 bits per heavy atom. The zero-order chi connectivity index (χ0) is 17.1. The van der Waals surface area contributed by atoms with Gasteiger partial charge in [0.2, 0.25) is 5.88 Å². The van der Waals surface area contributed by atoms with E-state index in [-0.39, 0.29) is 18.1 Å². The Hall–Kier alpha value is -2.64. The van der Waals surface area contributed by atoms with Crippen LogP contribution in [-0.2, 0) is 6.54 Å². The maximum atomic E-state index is 12.4. The molecule has 4 rings (SSSR count). The maximum absolute atomic E-state index is 12.4. The Kier molecular flexibility index (Phi) is 4.49. The molecule has 0 spiro atoms. The summed E-state index contributed by atoms with van der Waals surface area (Å²) in [5.74, 6) is 0.539. The molecule has 8 nitrogen and oxygen atoms in total. The second kappa shape index (κ2) is 7.08. The average molecular weight is 343 g/mol. The summed E-state index contributed by atoms with van der Waals surface area (Å²) >= 11 is 0. The van der Waals surface area contributed by atoms with E-state index >= 15 is 0 Å². The highest BCUT2D eigenvalue weighted by molar-refractivity contribution is 5.92. The smallest absolute Gasteiger partial charge is 0.316 e. The number of hydrogen-bond donors (Lipinski definition) is 1. The van der Waals surface area contributed by atoms with Crippen molar-refractivity contribution in [3.8, 4) is 11.9 Å². The summed E-state index contributed by atoms with van der Waals surface area (Å²) in [7, 11) is 0. The number of carbonyl (C=O) groups is 1. The van der Waals surface area contributed by atoms with E-state index in [1.165, 1.54) is 0 Å². The van der Waals surface area contributed by atoms with Gasteiger partial charge >= 0.3 is 6.01 Å². The van der Waals surface area contributed by atoms with Gasteiger partial charge in [-0.05, 0) is 31.7 Å². The Balaban J connectivity index is 1.28. The van der Waals surface area contributed by atoms with Crippen molar-refractivity contribution in [2.75, 3.05) is 6.61 Å². The summed E-state index contributed by atoms with van der Waals surface area (Å²) in [5, 5.41) is 7.40. The number of aromatic nitrogens is 4. The van der Waals surface area contributed by atoms with Crippen molar-refractivity contribution in [3.63, 3.8) is 0 Å². The second-order valence-corrected chi connectivity index (χ2v) is 6.39. The average Bonchev–Trinajstić information content (AvgIpc) is 3.09. The highest BCUT2D eigenvalue weighted by atomic mass is 16.5. The largest absolute Gasteiger partial charge is 0.478 e. The van der Waals surface area contributed by atoms with Gasteiger partial charge in [-0.1, -0.05) is 0 Å². The van der Waals surface area contributed by atoms with Crippen LogP contribution in [0.5, 0.6) is 11.9 Å². The SMILES string of the molecule is O=C(NC1CCC(Oc2ncccn2)CC1)c1cc2n(n1)CCCO2. The molecule has 8 heteroatoms. The van der Waals surface area contributed by atoms with Crippen LogP contribution in [0.4, 0.5) is 0 Å². The molecule has 2 aromatic rings. The van der Waals surface area contributed by atoms with Crippen molar-refractivity contribution < 1.29 is 14.3 Å². The Bertz CT molecular complexity index is 702. The van der Waals surface area contributed by atoms with Crippen LogP contribution in [0, 0.1) is 0 Å². The summed E-state index contributed by atoms with van der Waals surface area (Å²) in [6.45, 7) is 1.48. The van der Waals surface area contributed by atoms with Gasteiger partial charge in [0.1, 0.15) is 6.10 Å². The molecule has 0 aromatic carbocycles. The molecular formula is C17H21N5O3. The number of aryl methyl sites for hydroxylation is 1. The number of fused-ring (bicyclic) bond motifs is 1. The maximum Gasteiger partial charge on any atom is 0.316 e. The van der Waals surface area contributed by atoms with Crippen LogP contribution in [0.3, 0.4) is 0 Å². The highest BCUT2D eigenvalue weighted by Gasteiger charge is 2.26. The van der Waals surface area contributed by atoms with Gasteiger partial charge in [-0.2, -0.15) is 5.10 Å². The van der Waals surface area contributed by atoms with Crippen LogP contribution < -0.4 is 14.8 Å². The van der Waals surface area contributed by atoms with Gasteiger partial charge in [0, 0.05) is 37.5 Å². The van der Waals surface area contributed by atoms with E-state index in [4.69, 9.17) is 9.47 Å². The van der Waals surface area contributed by atoms with Gasteiger partial charge < -0.3 is 14.8 Å². The monoisotopic (exact) mass is 343 g/mol. The first-order valence-corrected chi connectivity index (χ1v) is 8.73. The molecule has 3 heterocycles. The van der Waals surface area contributed by atoms with E-state index in [0.717, 1.165) is 38.6 Å². The number of nitrogens with zero attached hydrogens (tertiary/aromatic N) is 4. The number of ether oxygens (including phenoxy) is 2. The molecule has 0 bridgehead atoms. The molecule has 0 atom stereocenters. The normalized spacial score (nSPS) is 22.6. The van der Waals surface area contributed by atoms with E-state index in [2.05, 4.69) is 20.4 Å². The molecule has 1 fully saturated rings. The molecule has 1 aliphatic heterocycles. The van der Waals surface area contributed by atoms with E-state index in [1.807, 2.05) is 0 Å². The fraction of sp³-hybridized carbons (Fsp3) is 0.529. The van der Waals surface area contributed by atoms with Crippen molar-refractivity contribution in [3.05, 3.63) is 30.2 Å². The highest BCUT2D eigenvalue weighted by Crippen LogP contribution is 2.23. The minimum absolute atomic E-state index is 0.101. The Labute approximate surface area is 145 Å². The first-order valence-electron chi connectivity index (χ1n) is 8.73. The van der Waals surface area contributed by atoms with Crippen LogP contribution in [0.25, 0.3) is 0 Å². The third kappa shape index (κ3) is 3.72. The fourth-order valence-electron chi connectivity index (χ4n) is 3.26. The molecule has 2 aliphatic rings. The summed E-state index contributed by atoms with van der Waals surface area (Å²) in [5.41, 5.74) is 0.424. The van der Waals surface area contributed by atoms with Crippen LogP contribution in [0.15, 0.2) is 24.5 Å². The Morgan fingerprint density at radius 2 is 2.04 bits per heavy atom. The third-order valence-electron chi connectivity index (χ3n) is 4.56. The van der Waals surface area contributed by atoms with Gasteiger partial charge in [0.25, 0.3) is 5.91 Å². The first-order chi connectivity index (χ1) is 12.3. The molecule has 1 saturated carbocycles. The van der Waals surface area contributed by atoms with E-state index in [0.29, 0.717) is 24.2 Å². The predicted octanol–water partition coefficient (Wildman–Crippen LogP) is 1.58. The van der Waals surface area contributed by atoms with Gasteiger partial charge in [-0.25, -0.2) is 14.6 Å². The molecular weight excluding hydrogens is 322 g/mol. The van der Waals surface area contributed by atoms with Crippen molar-refractivity contribution >= 4 is 5.91 Å². The van der Waals surface area contributed by atoms with Crippen molar-refractivity contribution in [2.45, 2.75) is 50.8 Å².